The minimum atomic E-state index is -3.34. The molecule has 29 heavy (non-hydrogen) atoms. The largest absolute Gasteiger partial charge is 0.497 e. The molecule has 0 unspecified atom stereocenters. The Labute approximate surface area is 195 Å². The zero-order valence-corrected chi connectivity index (χ0v) is 20.4. The number of benzene rings is 2. The molecule has 6 nitrogen and oxygen atoms in total. The lowest BCUT2D eigenvalue weighted by Gasteiger charge is -2.12. The van der Waals surface area contributed by atoms with Gasteiger partial charge in [-0.25, -0.2) is 8.42 Å². The zero-order valence-electron chi connectivity index (χ0n) is 16.5. The fraction of sp³-hybridized carbons (Fsp3) is 0.350. The Kier molecular flexibility index (Phi) is 11.4. The van der Waals surface area contributed by atoms with Gasteiger partial charge in [-0.05, 0) is 43.2 Å². The average molecular weight is 552 g/mol. The van der Waals surface area contributed by atoms with Crippen molar-refractivity contribution in [1.82, 2.24) is 10.6 Å². The molecule has 0 aromatic heterocycles. The summed E-state index contributed by atoms with van der Waals surface area (Å²) in [7, 11) is -1.74. The molecule has 2 aromatic carbocycles. The standard InChI is InChI=1S/C20H26ClN3O3S.HI/c1-3-22-20(23-12-11-16-9-10-17(27-2)15-19(16)21)24-13-14-28(25,26)18-7-5-4-6-8-18;/h4-10,15H,3,11-14H2,1-2H3,(H2,22,23,24);1H. The van der Waals surface area contributed by atoms with Crippen LogP contribution in [-0.4, -0.2) is 46.9 Å². The van der Waals surface area contributed by atoms with Gasteiger partial charge < -0.3 is 15.4 Å². The van der Waals surface area contributed by atoms with Crippen LogP contribution in [0.25, 0.3) is 0 Å². The molecule has 0 bridgehead atoms. The predicted molar refractivity (Wildman–Crippen MR) is 130 cm³/mol. The summed E-state index contributed by atoms with van der Waals surface area (Å²) in [5.41, 5.74) is 0.998. The molecule has 0 amide bonds. The number of guanidine groups is 1. The summed E-state index contributed by atoms with van der Waals surface area (Å²) in [5.74, 6) is 1.25. The van der Waals surface area contributed by atoms with E-state index in [1.165, 1.54) is 0 Å². The Morgan fingerprint density at radius 1 is 1.14 bits per heavy atom. The number of methoxy groups -OCH3 is 1. The van der Waals surface area contributed by atoms with E-state index in [4.69, 9.17) is 16.3 Å². The van der Waals surface area contributed by atoms with Gasteiger partial charge in [-0.15, -0.1) is 24.0 Å². The topological polar surface area (TPSA) is 79.8 Å². The number of aliphatic imine (C=N–C) groups is 1. The van der Waals surface area contributed by atoms with Crippen LogP contribution in [0.4, 0.5) is 0 Å². The number of sulfone groups is 1. The molecule has 0 spiro atoms. The van der Waals surface area contributed by atoms with Gasteiger partial charge in [0.15, 0.2) is 15.8 Å². The van der Waals surface area contributed by atoms with Crippen LogP contribution in [0.1, 0.15) is 12.5 Å². The molecule has 0 fully saturated rings. The molecule has 0 atom stereocenters. The van der Waals surface area contributed by atoms with Crippen molar-refractivity contribution in [2.75, 3.05) is 32.5 Å². The van der Waals surface area contributed by atoms with Crippen LogP contribution < -0.4 is 15.4 Å². The van der Waals surface area contributed by atoms with Gasteiger partial charge in [-0.2, -0.15) is 0 Å². The fourth-order valence-corrected chi connectivity index (χ4v) is 3.94. The highest BCUT2D eigenvalue weighted by Gasteiger charge is 2.13. The minimum Gasteiger partial charge on any atom is -0.497 e. The summed E-state index contributed by atoms with van der Waals surface area (Å²) in [6, 6.07) is 14.0. The Morgan fingerprint density at radius 2 is 1.86 bits per heavy atom. The first-order chi connectivity index (χ1) is 13.5. The lowest BCUT2D eigenvalue weighted by atomic mass is 10.1. The van der Waals surface area contributed by atoms with E-state index >= 15 is 0 Å². The third-order valence-corrected chi connectivity index (χ3v) is 6.09. The first-order valence-electron chi connectivity index (χ1n) is 9.08. The Balaban J connectivity index is 0.00000420. The summed E-state index contributed by atoms with van der Waals surface area (Å²) in [5, 5.41) is 6.97. The number of hydrogen-bond donors (Lipinski definition) is 2. The lowest BCUT2D eigenvalue weighted by molar-refractivity contribution is 0.414. The molecular formula is C20H27ClIN3O3S. The highest BCUT2D eigenvalue weighted by atomic mass is 127. The van der Waals surface area contributed by atoms with E-state index in [0.717, 1.165) is 11.3 Å². The van der Waals surface area contributed by atoms with Crippen LogP contribution >= 0.6 is 35.6 Å². The maximum absolute atomic E-state index is 12.3. The highest BCUT2D eigenvalue weighted by Crippen LogP contribution is 2.22. The lowest BCUT2D eigenvalue weighted by Crippen LogP contribution is -2.38. The molecule has 0 aliphatic heterocycles. The van der Waals surface area contributed by atoms with Gasteiger partial charge in [0.1, 0.15) is 5.75 Å². The maximum atomic E-state index is 12.3. The van der Waals surface area contributed by atoms with Crippen LogP contribution in [0.3, 0.4) is 0 Å². The second-order valence-electron chi connectivity index (χ2n) is 6.03. The van der Waals surface area contributed by atoms with Gasteiger partial charge in [-0.1, -0.05) is 35.9 Å². The van der Waals surface area contributed by atoms with E-state index < -0.39 is 9.84 Å². The molecule has 0 aliphatic carbocycles. The number of hydrogen-bond acceptors (Lipinski definition) is 4. The highest BCUT2D eigenvalue weighted by molar-refractivity contribution is 14.0. The molecular weight excluding hydrogens is 525 g/mol. The van der Waals surface area contributed by atoms with Crippen LogP contribution in [-0.2, 0) is 16.3 Å². The monoisotopic (exact) mass is 551 g/mol. The first kappa shape index (κ1) is 25.5. The number of ether oxygens (including phenoxy) is 1. The van der Waals surface area contributed by atoms with Crippen molar-refractivity contribution in [2.45, 2.75) is 18.2 Å². The molecule has 9 heteroatoms. The van der Waals surface area contributed by atoms with E-state index in [0.29, 0.717) is 35.4 Å². The van der Waals surface area contributed by atoms with Crippen LogP contribution in [0.5, 0.6) is 5.75 Å². The molecule has 0 heterocycles. The normalized spacial score (nSPS) is 11.5. The average Bonchev–Trinajstić information content (AvgIpc) is 2.69. The van der Waals surface area contributed by atoms with Crippen molar-refractivity contribution < 1.29 is 13.2 Å². The summed E-state index contributed by atoms with van der Waals surface area (Å²) < 4.78 is 29.8. The molecule has 160 valence electrons. The second kappa shape index (κ2) is 12.9. The van der Waals surface area contributed by atoms with Gasteiger partial charge in [0.25, 0.3) is 0 Å². The summed E-state index contributed by atoms with van der Waals surface area (Å²) in [6.45, 7) is 3.43. The third-order valence-electron chi connectivity index (χ3n) is 4.02. The predicted octanol–water partition coefficient (Wildman–Crippen LogP) is 3.54. The summed E-state index contributed by atoms with van der Waals surface area (Å²) in [6.07, 6.45) is 0.704. The van der Waals surface area contributed by atoms with Gasteiger partial charge in [0.2, 0.25) is 0 Å². The molecule has 0 radical (unpaired) electrons. The molecule has 2 rings (SSSR count). The van der Waals surface area contributed by atoms with Crippen molar-refractivity contribution >= 4 is 51.4 Å². The van der Waals surface area contributed by atoms with Crippen molar-refractivity contribution in [3.8, 4) is 5.75 Å². The third kappa shape index (κ3) is 8.39. The summed E-state index contributed by atoms with van der Waals surface area (Å²) >= 11 is 6.26. The van der Waals surface area contributed by atoms with Crippen molar-refractivity contribution in [2.24, 2.45) is 4.99 Å². The van der Waals surface area contributed by atoms with E-state index in [2.05, 4.69) is 15.6 Å². The number of nitrogens with one attached hydrogen (secondary N) is 2. The maximum Gasteiger partial charge on any atom is 0.191 e. The number of halogens is 2. The van der Waals surface area contributed by atoms with Gasteiger partial charge in [0, 0.05) is 18.1 Å². The zero-order chi connectivity index (χ0) is 20.4. The van der Waals surface area contributed by atoms with E-state index in [1.807, 2.05) is 19.1 Å². The molecule has 2 aromatic rings. The van der Waals surface area contributed by atoms with E-state index in [-0.39, 0.29) is 36.3 Å². The molecule has 0 aliphatic rings. The SMILES string of the molecule is CCNC(=NCCS(=O)(=O)c1ccccc1)NCCc1ccc(OC)cc1Cl.I. The smallest absolute Gasteiger partial charge is 0.191 e. The quantitative estimate of drug-likeness (QED) is 0.283. The minimum absolute atomic E-state index is 0. The molecule has 2 N–H and O–H groups in total. The molecule has 0 saturated heterocycles. The van der Waals surface area contributed by atoms with Crippen LogP contribution in [0, 0.1) is 0 Å². The van der Waals surface area contributed by atoms with Crippen molar-refractivity contribution in [3.63, 3.8) is 0 Å². The van der Waals surface area contributed by atoms with E-state index in [9.17, 15) is 8.42 Å². The van der Waals surface area contributed by atoms with Crippen molar-refractivity contribution in [1.29, 1.82) is 0 Å². The van der Waals surface area contributed by atoms with Crippen LogP contribution in [0.2, 0.25) is 5.02 Å². The Morgan fingerprint density at radius 3 is 2.48 bits per heavy atom. The van der Waals surface area contributed by atoms with Crippen LogP contribution in [0.15, 0.2) is 58.4 Å². The van der Waals surface area contributed by atoms with Gasteiger partial charge >= 0.3 is 0 Å². The van der Waals surface area contributed by atoms with E-state index in [1.54, 1.807) is 43.5 Å². The fourth-order valence-electron chi connectivity index (χ4n) is 2.54. The second-order valence-corrected chi connectivity index (χ2v) is 8.54. The summed E-state index contributed by atoms with van der Waals surface area (Å²) in [4.78, 5) is 4.68. The van der Waals surface area contributed by atoms with Gasteiger partial charge in [0.05, 0.1) is 24.3 Å². The van der Waals surface area contributed by atoms with Gasteiger partial charge in [-0.3, -0.25) is 4.99 Å². The number of rotatable bonds is 9. The number of nitrogens with zero attached hydrogens (tertiary/aromatic N) is 1. The first-order valence-corrected chi connectivity index (χ1v) is 11.1. The molecule has 0 saturated carbocycles. The van der Waals surface area contributed by atoms with Crippen molar-refractivity contribution in [3.05, 3.63) is 59.1 Å². The Hall–Kier alpha value is -1.52. The Bertz CT molecular complexity index is 893.